The van der Waals surface area contributed by atoms with Crippen LogP contribution in [0.25, 0.3) is 0 Å². The summed E-state index contributed by atoms with van der Waals surface area (Å²) >= 11 is 0. The SMILES string of the molecule is CC12OCC(COCC(COCC34COC(C)(OC3)OC4)(COCC34COC(C)(OC3)OC4)COCC34COC(C)(OC3)OC4)(CO1)CO2. The second-order valence-corrected chi connectivity index (χ2v) is 16.4. The van der Waals surface area contributed by atoms with Gasteiger partial charge in [-0.25, -0.2) is 0 Å². The van der Waals surface area contributed by atoms with Crippen LogP contribution in [0.15, 0.2) is 0 Å². The molecule has 49 heavy (non-hydrogen) atoms. The minimum atomic E-state index is -0.994. The molecular weight excluding hydrogens is 652 g/mol. The number of fused-ring (bicyclic) bond motifs is 12. The van der Waals surface area contributed by atoms with Gasteiger partial charge >= 0.3 is 0 Å². The maximum Gasteiger partial charge on any atom is 0.279 e. The molecule has 0 atom stereocenters. The van der Waals surface area contributed by atoms with Gasteiger partial charge in [0.2, 0.25) is 0 Å². The molecule has 12 aliphatic heterocycles. The van der Waals surface area contributed by atoms with Crippen LogP contribution >= 0.6 is 0 Å². The van der Waals surface area contributed by atoms with Crippen molar-refractivity contribution in [3.63, 3.8) is 0 Å². The Morgan fingerprint density at radius 3 is 0.653 bits per heavy atom. The molecule has 0 radical (unpaired) electrons. The quantitative estimate of drug-likeness (QED) is 0.225. The summed E-state index contributed by atoms with van der Waals surface area (Å²) in [7, 11) is 0. The number of hydrogen-bond acceptors (Lipinski definition) is 16. The van der Waals surface area contributed by atoms with E-state index in [0.29, 0.717) is 106 Å². The van der Waals surface area contributed by atoms with Crippen molar-refractivity contribution < 1.29 is 75.8 Å². The van der Waals surface area contributed by atoms with E-state index in [-0.39, 0.29) is 26.4 Å². The molecule has 16 heteroatoms. The van der Waals surface area contributed by atoms with E-state index in [9.17, 15) is 0 Å². The van der Waals surface area contributed by atoms with E-state index >= 15 is 0 Å². The van der Waals surface area contributed by atoms with Crippen LogP contribution in [-0.2, 0) is 75.8 Å². The van der Waals surface area contributed by atoms with Crippen LogP contribution in [0, 0.1) is 27.1 Å². The maximum atomic E-state index is 6.53. The van der Waals surface area contributed by atoms with Crippen LogP contribution in [0.1, 0.15) is 27.7 Å². The Balaban J connectivity index is 0.964. The fourth-order valence-corrected chi connectivity index (χ4v) is 7.10. The third-order valence-electron chi connectivity index (χ3n) is 11.0. The molecule has 16 nitrogen and oxygen atoms in total. The van der Waals surface area contributed by atoms with Crippen molar-refractivity contribution in [3.8, 4) is 0 Å². The van der Waals surface area contributed by atoms with Crippen molar-refractivity contribution >= 4 is 0 Å². The van der Waals surface area contributed by atoms with E-state index in [0.717, 1.165) is 0 Å². The molecule has 12 aliphatic rings. The highest BCUT2D eigenvalue weighted by Crippen LogP contribution is 2.42. The number of ether oxygens (including phenoxy) is 16. The third kappa shape index (κ3) is 7.32. The lowest BCUT2D eigenvalue weighted by Gasteiger charge is -2.51. The van der Waals surface area contributed by atoms with E-state index in [1.165, 1.54) is 0 Å². The Kier molecular flexibility index (Phi) is 9.21. The fourth-order valence-electron chi connectivity index (χ4n) is 7.10. The van der Waals surface area contributed by atoms with Crippen LogP contribution < -0.4 is 0 Å². The monoisotopic (exact) mass is 704 g/mol. The highest BCUT2D eigenvalue weighted by atomic mass is 16.9. The number of hydrogen-bond donors (Lipinski definition) is 0. The molecule has 0 aliphatic carbocycles. The standard InChI is InChI=1S/C33H52O16/c1-25-38-13-30(14-39-25,15-40-25)9-34-5-29(6-35-10-31-16-41-26(2,42-17-31)43-18-31,7-36-11-32-19-44-27(3,45-20-32)46-21-32)8-37-12-33-22-47-28(4,48-23-33)49-24-33/h5-24H2,1-4H3. The van der Waals surface area contributed by atoms with Crippen molar-refractivity contribution in [1.29, 1.82) is 0 Å². The van der Waals surface area contributed by atoms with Crippen molar-refractivity contribution in [2.24, 2.45) is 27.1 Å². The molecule has 0 spiro atoms. The molecule has 0 N–H and O–H groups in total. The molecule has 8 bridgehead atoms. The predicted molar refractivity (Wildman–Crippen MR) is 160 cm³/mol. The average molecular weight is 705 g/mol. The summed E-state index contributed by atoms with van der Waals surface area (Å²) < 4.78 is 96.3. The highest BCUT2D eigenvalue weighted by Gasteiger charge is 2.54. The Bertz CT molecular complexity index is 916. The molecule has 12 saturated heterocycles. The minimum Gasteiger partial charge on any atom is -0.380 e. The molecule has 0 aromatic heterocycles. The molecule has 12 rings (SSSR count). The summed E-state index contributed by atoms with van der Waals surface area (Å²) in [6, 6.07) is 0. The van der Waals surface area contributed by atoms with Crippen molar-refractivity contribution in [2.75, 3.05) is 132 Å². The lowest BCUT2D eigenvalue weighted by molar-refractivity contribution is -0.463. The van der Waals surface area contributed by atoms with Crippen LogP contribution in [-0.4, -0.2) is 156 Å². The topological polar surface area (TPSA) is 148 Å². The van der Waals surface area contributed by atoms with Gasteiger partial charge in [0.15, 0.2) is 0 Å². The highest BCUT2D eigenvalue weighted by molar-refractivity contribution is 4.92. The minimum absolute atomic E-state index is 0.268. The average Bonchev–Trinajstić information content (AvgIpc) is 3.11. The molecule has 0 aromatic carbocycles. The molecular formula is C33H52O16. The smallest absolute Gasteiger partial charge is 0.279 e. The molecule has 280 valence electrons. The van der Waals surface area contributed by atoms with Gasteiger partial charge in [0.05, 0.1) is 159 Å². The molecule has 0 aromatic rings. The van der Waals surface area contributed by atoms with E-state index < -0.39 is 51.0 Å². The van der Waals surface area contributed by atoms with Gasteiger partial charge in [-0.15, -0.1) is 0 Å². The first-order valence-electron chi connectivity index (χ1n) is 17.3. The first-order chi connectivity index (χ1) is 23.3. The van der Waals surface area contributed by atoms with Crippen LogP contribution in [0.4, 0.5) is 0 Å². The summed E-state index contributed by atoms with van der Waals surface area (Å²) in [6.07, 6.45) is 0. The second-order valence-electron chi connectivity index (χ2n) is 16.4. The zero-order valence-corrected chi connectivity index (χ0v) is 29.2. The third-order valence-corrected chi connectivity index (χ3v) is 11.0. The van der Waals surface area contributed by atoms with Crippen molar-refractivity contribution in [3.05, 3.63) is 0 Å². The lowest BCUT2D eigenvalue weighted by Crippen LogP contribution is -2.61. The summed E-state index contributed by atoms with van der Waals surface area (Å²) in [5, 5.41) is 0. The Morgan fingerprint density at radius 2 is 0.490 bits per heavy atom. The van der Waals surface area contributed by atoms with Gasteiger partial charge in [0, 0.05) is 27.7 Å². The lowest BCUT2D eigenvalue weighted by atomic mass is 9.87. The van der Waals surface area contributed by atoms with Gasteiger partial charge in [-0.05, 0) is 0 Å². The van der Waals surface area contributed by atoms with Gasteiger partial charge < -0.3 is 75.8 Å². The summed E-state index contributed by atoms with van der Waals surface area (Å²) in [5.41, 5.74) is -2.41. The first kappa shape index (κ1) is 35.4. The molecule has 0 unspecified atom stereocenters. The summed E-state index contributed by atoms with van der Waals surface area (Å²) in [6.45, 7) is 15.4. The normalized spacial score (nSPS) is 48.2. The van der Waals surface area contributed by atoms with Crippen molar-refractivity contribution in [2.45, 2.75) is 51.6 Å². The van der Waals surface area contributed by atoms with Gasteiger partial charge in [0.1, 0.15) is 0 Å². The molecule has 0 amide bonds. The molecule has 12 fully saturated rings. The Hall–Kier alpha value is -0.640. The largest absolute Gasteiger partial charge is 0.380 e. The molecule has 12 heterocycles. The second kappa shape index (κ2) is 12.7. The number of rotatable bonds is 16. The first-order valence-corrected chi connectivity index (χ1v) is 17.3. The van der Waals surface area contributed by atoms with Crippen LogP contribution in [0.3, 0.4) is 0 Å². The van der Waals surface area contributed by atoms with E-state index in [1.54, 1.807) is 27.7 Å². The maximum absolute atomic E-state index is 6.53. The predicted octanol–water partition coefficient (Wildman–Crippen LogP) is 0.988. The molecule has 0 saturated carbocycles. The zero-order chi connectivity index (χ0) is 34.0. The zero-order valence-electron chi connectivity index (χ0n) is 29.2. The fraction of sp³-hybridized carbons (Fsp3) is 1.00. The van der Waals surface area contributed by atoms with Crippen LogP contribution in [0.5, 0.6) is 0 Å². The van der Waals surface area contributed by atoms with Gasteiger partial charge in [-0.3, -0.25) is 0 Å². The van der Waals surface area contributed by atoms with Gasteiger partial charge in [-0.1, -0.05) is 0 Å². The van der Waals surface area contributed by atoms with Gasteiger partial charge in [-0.2, -0.15) is 0 Å². The van der Waals surface area contributed by atoms with E-state index in [1.807, 2.05) is 0 Å². The Morgan fingerprint density at radius 1 is 0.327 bits per heavy atom. The van der Waals surface area contributed by atoms with Crippen LogP contribution in [0.2, 0.25) is 0 Å². The van der Waals surface area contributed by atoms with E-state index in [2.05, 4.69) is 0 Å². The summed E-state index contributed by atoms with van der Waals surface area (Å²) in [4.78, 5) is 0. The van der Waals surface area contributed by atoms with Gasteiger partial charge in [0.25, 0.3) is 23.9 Å². The van der Waals surface area contributed by atoms with E-state index in [4.69, 9.17) is 75.8 Å². The van der Waals surface area contributed by atoms with Crippen molar-refractivity contribution in [1.82, 2.24) is 0 Å². The Labute approximate surface area is 286 Å². The summed E-state index contributed by atoms with van der Waals surface area (Å²) in [5.74, 6) is -3.98.